The topological polar surface area (TPSA) is 164 Å². The molecule has 0 aliphatic carbocycles. The van der Waals surface area contributed by atoms with Gasteiger partial charge in [-0.25, -0.2) is 9.59 Å². The molecule has 6 atom stereocenters. The molecule has 0 saturated carbocycles. The van der Waals surface area contributed by atoms with Gasteiger partial charge in [0.25, 0.3) is 0 Å². The molecule has 11 nitrogen and oxygen atoms in total. The van der Waals surface area contributed by atoms with Gasteiger partial charge in [-0.15, -0.1) is 0 Å². The number of methoxy groups -OCH3 is 1. The number of esters is 1. The number of rotatable bonds is 8. The van der Waals surface area contributed by atoms with Gasteiger partial charge in [0.1, 0.15) is 31.0 Å². The Morgan fingerprint density at radius 3 is 2.52 bits per heavy atom. The number of aliphatic hydroxyl groups is 4. The molecule has 1 aliphatic rings. The second-order valence-corrected chi connectivity index (χ2v) is 5.14. The average molecular weight is 365 g/mol. The Labute approximate surface area is 143 Å². The number of aliphatic hydroxyl groups excluding tert-OH is 4. The van der Waals surface area contributed by atoms with Gasteiger partial charge in [-0.3, -0.25) is 0 Å². The standard InChI is InChI=1S/C14H23NO10/c1-3-4-23-14(21)15-7(12(20)22-2)6-24-13-11(19)10(18)9(17)8(5-16)25-13/h3,7-11,13,16-19H,1,4-6H2,2H3,(H,15,21)/t7-,8+,9+,10-,11-,13+/m0/s1. The zero-order valence-corrected chi connectivity index (χ0v) is 13.6. The Morgan fingerprint density at radius 2 is 1.96 bits per heavy atom. The molecule has 1 heterocycles. The van der Waals surface area contributed by atoms with Crippen molar-refractivity contribution < 1.29 is 49.0 Å². The highest BCUT2D eigenvalue weighted by Gasteiger charge is 2.44. The van der Waals surface area contributed by atoms with E-state index in [0.717, 1.165) is 7.11 Å². The van der Waals surface area contributed by atoms with Crippen molar-refractivity contribution in [2.24, 2.45) is 0 Å². The summed E-state index contributed by atoms with van der Waals surface area (Å²) in [4.78, 5) is 23.2. The number of ether oxygens (including phenoxy) is 4. The fourth-order valence-electron chi connectivity index (χ4n) is 2.03. The monoisotopic (exact) mass is 365 g/mol. The molecule has 1 fully saturated rings. The zero-order chi connectivity index (χ0) is 19.0. The molecule has 1 aliphatic heterocycles. The van der Waals surface area contributed by atoms with Gasteiger partial charge in [0, 0.05) is 0 Å². The summed E-state index contributed by atoms with van der Waals surface area (Å²) in [6.07, 6.45) is -7.01. The minimum absolute atomic E-state index is 0.0761. The number of hydrogen-bond donors (Lipinski definition) is 5. The molecule has 1 amide bonds. The van der Waals surface area contributed by atoms with Gasteiger partial charge < -0.3 is 44.7 Å². The number of amides is 1. The summed E-state index contributed by atoms with van der Waals surface area (Å²) < 4.78 is 19.5. The predicted octanol–water partition coefficient (Wildman–Crippen LogP) is -2.74. The molecule has 144 valence electrons. The lowest BCUT2D eigenvalue weighted by Crippen LogP contribution is -2.59. The highest BCUT2D eigenvalue weighted by molar-refractivity contribution is 5.81. The van der Waals surface area contributed by atoms with E-state index in [2.05, 4.69) is 21.4 Å². The van der Waals surface area contributed by atoms with E-state index < -0.39 is 62.0 Å². The lowest BCUT2D eigenvalue weighted by molar-refractivity contribution is -0.301. The highest BCUT2D eigenvalue weighted by Crippen LogP contribution is 2.22. The molecule has 0 spiro atoms. The van der Waals surface area contributed by atoms with E-state index in [1.54, 1.807) is 0 Å². The SMILES string of the molecule is C=CCOC(=O)N[C@@H](CO[C@@H]1O[C@H](CO)[C@@H](O)[C@H](O)[C@@H]1O)C(=O)OC. The van der Waals surface area contributed by atoms with Crippen LogP contribution in [0, 0.1) is 0 Å². The number of carbonyl (C=O) groups excluding carboxylic acids is 2. The molecule has 0 aromatic carbocycles. The molecule has 0 aromatic rings. The van der Waals surface area contributed by atoms with E-state index in [1.807, 2.05) is 0 Å². The number of nitrogens with one attached hydrogen (secondary N) is 1. The van der Waals surface area contributed by atoms with Crippen molar-refractivity contribution in [1.29, 1.82) is 0 Å². The van der Waals surface area contributed by atoms with Crippen LogP contribution in [0.5, 0.6) is 0 Å². The summed E-state index contributed by atoms with van der Waals surface area (Å²) in [5.74, 6) is -0.847. The summed E-state index contributed by atoms with van der Waals surface area (Å²) in [5.41, 5.74) is 0. The zero-order valence-electron chi connectivity index (χ0n) is 13.6. The molecule has 0 radical (unpaired) electrons. The Morgan fingerprint density at radius 1 is 1.28 bits per heavy atom. The normalized spacial score (nSPS) is 30.2. The molecule has 0 aromatic heterocycles. The van der Waals surface area contributed by atoms with Crippen molar-refractivity contribution in [3.63, 3.8) is 0 Å². The van der Waals surface area contributed by atoms with Gasteiger partial charge in [0.05, 0.1) is 20.3 Å². The van der Waals surface area contributed by atoms with E-state index >= 15 is 0 Å². The van der Waals surface area contributed by atoms with Gasteiger partial charge in [-0.2, -0.15) is 0 Å². The van der Waals surface area contributed by atoms with Crippen molar-refractivity contribution in [2.75, 3.05) is 26.9 Å². The van der Waals surface area contributed by atoms with Crippen LogP contribution >= 0.6 is 0 Å². The second-order valence-electron chi connectivity index (χ2n) is 5.14. The van der Waals surface area contributed by atoms with E-state index in [9.17, 15) is 24.9 Å². The number of hydrogen-bond acceptors (Lipinski definition) is 10. The third kappa shape index (κ3) is 5.92. The summed E-state index contributed by atoms with van der Waals surface area (Å²) in [5, 5.41) is 40.5. The summed E-state index contributed by atoms with van der Waals surface area (Å²) >= 11 is 0. The molecule has 1 rings (SSSR count). The van der Waals surface area contributed by atoms with Crippen molar-refractivity contribution in [1.82, 2.24) is 5.32 Å². The maximum absolute atomic E-state index is 11.7. The Hall–Kier alpha value is -1.76. The molecular weight excluding hydrogens is 342 g/mol. The molecule has 25 heavy (non-hydrogen) atoms. The van der Waals surface area contributed by atoms with Crippen LogP contribution in [0.25, 0.3) is 0 Å². The van der Waals surface area contributed by atoms with Gasteiger partial charge in [0.15, 0.2) is 12.3 Å². The van der Waals surface area contributed by atoms with Crippen LogP contribution in [-0.4, -0.2) is 96.2 Å². The van der Waals surface area contributed by atoms with Gasteiger partial charge in [0.2, 0.25) is 0 Å². The number of alkyl carbamates (subject to hydrolysis) is 1. The van der Waals surface area contributed by atoms with Gasteiger partial charge >= 0.3 is 12.1 Å². The van der Waals surface area contributed by atoms with Crippen LogP contribution in [0.2, 0.25) is 0 Å². The van der Waals surface area contributed by atoms with E-state index in [-0.39, 0.29) is 6.61 Å². The van der Waals surface area contributed by atoms with Crippen LogP contribution in [0.3, 0.4) is 0 Å². The third-order valence-electron chi connectivity index (χ3n) is 3.39. The van der Waals surface area contributed by atoms with E-state index in [1.165, 1.54) is 6.08 Å². The van der Waals surface area contributed by atoms with Crippen LogP contribution < -0.4 is 5.32 Å². The molecule has 11 heteroatoms. The average Bonchev–Trinajstić information content (AvgIpc) is 2.62. The summed E-state index contributed by atoms with van der Waals surface area (Å²) in [6.45, 7) is 2.18. The molecule has 0 bridgehead atoms. The van der Waals surface area contributed by atoms with Crippen molar-refractivity contribution in [3.8, 4) is 0 Å². The maximum Gasteiger partial charge on any atom is 0.408 e. The highest BCUT2D eigenvalue weighted by atomic mass is 16.7. The van der Waals surface area contributed by atoms with Gasteiger partial charge in [-0.05, 0) is 0 Å². The molecule has 1 saturated heterocycles. The van der Waals surface area contributed by atoms with Crippen LogP contribution in [-0.2, 0) is 23.7 Å². The smallest absolute Gasteiger partial charge is 0.408 e. The third-order valence-corrected chi connectivity index (χ3v) is 3.39. The Bertz CT molecular complexity index is 457. The largest absolute Gasteiger partial charge is 0.467 e. The predicted molar refractivity (Wildman–Crippen MR) is 80.2 cm³/mol. The first-order chi connectivity index (χ1) is 11.8. The summed E-state index contributed by atoms with van der Waals surface area (Å²) in [6, 6.07) is -1.28. The van der Waals surface area contributed by atoms with Gasteiger partial charge in [-0.1, -0.05) is 12.7 Å². The minimum Gasteiger partial charge on any atom is -0.467 e. The van der Waals surface area contributed by atoms with Crippen molar-refractivity contribution in [2.45, 2.75) is 36.7 Å². The first-order valence-corrected chi connectivity index (χ1v) is 7.39. The van der Waals surface area contributed by atoms with Crippen molar-refractivity contribution >= 4 is 12.1 Å². The first-order valence-electron chi connectivity index (χ1n) is 7.39. The lowest BCUT2D eigenvalue weighted by Gasteiger charge is -2.39. The fourth-order valence-corrected chi connectivity index (χ4v) is 2.03. The van der Waals surface area contributed by atoms with Crippen LogP contribution in [0.15, 0.2) is 12.7 Å². The summed E-state index contributed by atoms with van der Waals surface area (Å²) in [7, 11) is 1.10. The Balaban J connectivity index is 2.66. The maximum atomic E-state index is 11.7. The van der Waals surface area contributed by atoms with E-state index in [0.29, 0.717) is 0 Å². The molecule has 0 unspecified atom stereocenters. The van der Waals surface area contributed by atoms with E-state index in [4.69, 9.17) is 14.6 Å². The van der Waals surface area contributed by atoms with Crippen LogP contribution in [0.4, 0.5) is 4.79 Å². The molecule has 5 N–H and O–H groups in total. The lowest BCUT2D eigenvalue weighted by atomic mass is 9.99. The first kappa shape index (κ1) is 21.3. The Kier molecular flexibility index (Phi) is 8.75. The fraction of sp³-hybridized carbons (Fsp3) is 0.714. The minimum atomic E-state index is -1.64. The number of carbonyl (C=O) groups is 2. The second kappa shape index (κ2) is 10.3. The quantitative estimate of drug-likeness (QED) is 0.225. The van der Waals surface area contributed by atoms with Crippen LogP contribution in [0.1, 0.15) is 0 Å². The molecular formula is C14H23NO10. The van der Waals surface area contributed by atoms with Crippen molar-refractivity contribution in [3.05, 3.63) is 12.7 Å².